The van der Waals surface area contributed by atoms with Crippen LogP contribution < -0.4 is 10.2 Å². The number of rotatable bonds is 6. The van der Waals surface area contributed by atoms with Crippen molar-refractivity contribution >= 4 is 27.3 Å². The summed E-state index contributed by atoms with van der Waals surface area (Å²) in [5.41, 5.74) is 1.25. The van der Waals surface area contributed by atoms with Crippen LogP contribution in [-0.2, 0) is 14.8 Å². The van der Waals surface area contributed by atoms with E-state index >= 15 is 0 Å². The molecule has 1 aliphatic rings. The molecular weight excluding hydrogens is 392 g/mol. The molecule has 0 unspecified atom stereocenters. The molecule has 156 valence electrons. The highest BCUT2D eigenvalue weighted by Crippen LogP contribution is 2.27. The number of piperazine rings is 1. The molecule has 0 radical (unpaired) electrons. The summed E-state index contributed by atoms with van der Waals surface area (Å²) in [7, 11) is -0.617. The van der Waals surface area contributed by atoms with E-state index in [2.05, 4.69) is 10.2 Å². The average Bonchev–Trinajstić information content (AvgIpc) is 2.69. The van der Waals surface area contributed by atoms with Crippen molar-refractivity contribution in [2.75, 3.05) is 57.0 Å². The third kappa shape index (κ3) is 5.06. The molecule has 1 fully saturated rings. The maximum atomic E-state index is 12.4. The lowest BCUT2D eigenvalue weighted by Crippen LogP contribution is -2.48. The lowest BCUT2D eigenvalue weighted by Gasteiger charge is -2.35. The van der Waals surface area contributed by atoms with Crippen molar-refractivity contribution in [3.8, 4) is 5.75 Å². The number of nitrogens with one attached hydrogen (secondary N) is 1. The zero-order valence-corrected chi connectivity index (χ0v) is 17.4. The molecular formula is C20H26N4O4S. The Balaban J connectivity index is 1.55. The Bertz CT molecular complexity index is 970. The van der Waals surface area contributed by atoms with Crippen LogP contribution in [0.1, 0.15) is 0 Å². The Morgan fingerprint density at radius 2 is 1.76 bits per heavy atom. The predicted octanol–water partition coefficient (Wildman–Crippen LogP) is 1.40. The second-order valence-corrected chi connectivity index (χ2v) is 9.27. The van der Waals surface area contributed by atoms with Crippen LogP contribution in [0.15, 0.2) is 53.4 Å². The highest BCUT2D eigenvalue weighted by molar-refractivity contribution is 7.89. The van der Waals surface area contributed by atoms with Gasteiger partial charge in [0.25, 0.3) is 0 Å². The smallest absolute Gasteiger partial charge is 0.242 e. The maximum absolute atomic E-state index is 12.4. The lowest BCUT2D eigenvalue weighted by molar-refractivity contribution is -0.117. The maximum Gasteiger partial charge on any atom is 0.242 e. The number of para-hydroxylation sites is 2. The number of nitrogens with zero attached hydrogens (tertiary/aromatic N) is 3. The van der Waals surface area contributed by atoms with Crippen LogP contribution in [0.5, 0.6) is 5.75 Å². The molecule has 2 N–H and O–H groups in total. The lowest BCUT2D eigenvalue weighted by atomic mass is 10.2. The van der Waals surface area contributed by atoms with Crippen molar-refractivity contribution in [2.24, 2.45) is 0 Å². The number of aromatic hydroxyl groups is 1. The first kappa shape index (κ1) is 21.1. The average molecular weight is 419 g/mol. The van der Waals surface area contributed by atoms with E-state index in [4.69, 9.17) is 0 Å². The molecule has 29 heavy (non-hydrogen) atoms. The van der Waals surface area contributed by atoms with Gasteiger partial charge in [0, 0.05) is 46.0 Å². The summed E-state index contributed by atoms with van der Waals surface area (Å²) in [4.78, 5) is 16.7. The standard InChI is InChI=1S/C20H26N4O4S/c1-22(2)29(27,28)17-7-5-6-16(14-17)21-20(26)15-23-10-12-24(13-11-23)18-8-3-4-9-19(18)25/h3-9,14,25H,10-13,15H2,1-2H3,(H,21,26). The molecule has 0 aromatic heterocycles. The van der Waals surface area contributed by atoms with Gasteiger partial charge in [0.05, 0.1) is 17.1 Å². The zero-order valence-electron chi connectivity index (χ0n) is 16.6. The summed E-state index contributed by atoms with van der Waals surface area (Å²) >= 11 is 0. The first-order chi connectivity index (χ1) is 13.8. The van der Waals surface area contributed by atoms with Crippen molar-refractivity contribution in [1.29, 1.82) is 0 Å². The highest BCUT2D eigenvalue weighted by atomic mass is 32.2. The third-order valence-corrected chi connectivity index (χ3v) is 6.67. The minimum absolute atomic E-state index is 0.136. The normalized spacial score (nSPS) is 15.5. The Hall–Kier alpha value is -2.62. The zero-order chi connectivity index (χ0) is 21.0. The second-order valence-electron chi connectivity index (χ2n) is 7.12. The molecule has 1 heterocycles. The van der Waals surface area contributed by atoms with E-state index < -0.39 is 10.0 Å². The van der Waals surface area contributed by atoms with Crippen LogP contribution >= 0.6 is 0 Å². The molecule has 1 amide bonds. The van der Waals surface area contributed by atoms with Gasteiger partial charge in [-0.1, -0.05) is 18.2 Å². The van der Waals surface area contributed by atoms with Crippen LogP contribution in [0.3, 0.4) is 0 Å². The van der Waals surface area contributed by atoms with E-state index in [0.29, 0.717) is 31.9 Å². The minimum atomic E-state index is -3.55. The van der Waals surface area contributed by atoms with Crippen molar-refractivity contribution in [3.05, 3.63) is 48.5 Å². The molecule has 0 atom stereocenters. The van der Waals surface area contributed by atoms with Crippen LogP contribution in [0.25, 0.3) is 0 Å². The van der Waals surface area contributed by atoms with E-state index in [1.807, 2.05) is 17.0 Å². The van der Waals surface area contributed by atoms with Crippen molar-refractivity contribution in [3.63, 3.8) is 0 Å². The van der Waals surface area contributed by atoms with Gasteiger partial charge < -0.3 is 15.3 Å². The van der Waals surface area contributed by atoms with Gasteiger partial charge in [0.1, 0.15) is 5.75 Å². The Morgan fingerprint density at radius 3 is 2.41 bits per heavy atom. The van der Waals surface area contributed by atoms with Gasteiger partial charge in [0.15, 0.2) is 0 Å². The van der Waals surface area contributed by atoms with Crippen LogP contribution in [0.4, 0.5) is 11.4 Å². The first-order valence-electron chi connectivity index (χ1n) is 9.35. The summed E-state index contributed by atoms with van der Waals surface area (Å²) in [5, 5.41) is 12.8. The topological polar surface area (TPSA) is 93.2 Å². The number of carbonyl (C=O) groups excluding carboxylic acids is 1. The molecule has 2 aromatic rings. The number of carbonyl (C=O) groups is 1. The molecule has 9 heteroatoms. The monoisotopic (exact) mass is 418 g/mol. The van der Waals surface area contributed by atoms with Gasteiger partial charge in [-0.3, -0.25) is 9.69 Å². The second kappa shape index (κ2) is 8.81. The van der Waals surface area contributed by atoms with Crippen LogP contribution in [0, 0.1) is 0 Å². The fourth-order valence-corrected chi connectivity index (χ4v) is 4.18. The van der Waals surface area contributed by atoms with E-state index in [1.165, 1.54) is 26.2 Å². The van der Waals surface area contributed by atoms with Crippen LogP contribution in [0.2, 0.25) is 0 Å². The summed E-state index contributed by atoms with van der Waals surface area (Å²) in [6, 6.07) is 13.5. The fraction of sp³-hybridized carbons (Fsp3) is 0.350. The van der Waals surface area contributed by atoms with Gasteiger partial charge in [-0.15, -0.1) is 0 Å². The molecule has 2 aromatic carbocycles. The predicted molar refractivity (Wildman–Crippen MR) is 113 cm³/mol. The molecule has 0 spiro atoms. The minimum Gasteiger partial charge on any atom is -0.506 e. The van der Waals surface area contributed by atoms with Crippen molar-refractivity contribution < 1.29 is 18.3 Å². The Kier molecular flexibility index (Phi) is 6.41. The van der Waals surface area contributed by atoms with Gasteiger partial charge in [0.2, 0.25) is 15.9 Å². The van der Waals surface area contributed by atoms with Crippen molar-refractivity contribution in [2.45, 2.75) is 4.90 Å². The van der Waals surface area contributed by atoms with Gasteiger partial charge in [-0.25, -0.2) is 12.7 Å². The van der Waals surface area contributed by atoms with Crippen molar-refractivity contribution in [1.82, 2.24) is 9.21 Å². The van der Waals surface area contributed by atoms with Gasteiger partial charge in [-0.2, -0.15) is 0 Å². The number of benzene rings is 2. The van der Waals surface area contributed by atoms with Gasteiger partial charge in [-0.05, 0) is 30.3 Å². The number of phenols is 1. The number of hydrogen-bond donors (Lipinski definition) is 2. The Morgan fingerprint density at radius 1 is 1.07 bits per heavy atom. The molecule has 0 aliphatic carbocycles. The summed E-state index contributed by atoms with van der Waals surface area (Å²) in [5.74, 6) is 0.0617. The van der Waals surface area contributed by atoms with E-state index in [9.17, 15) is 18.3 Å². The summed E-state index contributed by atoms with van der Waals surface area (Å²) in [6.45, 7) is 3.02. The largest absolute Gasteiger partial charge is 0.506 e. The molecule has 0 bridgehead atoms. The van der Waals surface area contributed by atoms with E-state index in [-0.39, 0.29) is 23.1 Å². The third-order valence-electron chi connectivity index (χ3n) is 4.86. The summed E-state index contributed by atoms with van der Waals surface area (Å²) < 4.78 is 25.6. The Labute approximate surface area is 171 Å². The van der Waals surface area contributed by atoms with Gasteiger partial charge >= 0.3 is 0 Å². The number of amides is 1. The number of phenolic OH excluding ortho intramolecular Hbond substituents is 1. The molecule has 0 saturated carbocycles. The van der Waals surface area contributed by atoms with E-state index in [0.717, 1.165) is 9.99 Å². The summed E-state index contributed by atoms with van der Waals surface area (Å²) in [6.07, 6.45) is 0. The SMILES string of the molecule is CN(C)S(=O)(=O)c1cccc(NC(=O)CN2CCN(c3ccccc3O)CC2)c1. The quantitative estimate of drug-likeness (QED) is 0.737. The molecule has 3 rings (SSSR count). The molecule has 1 saturated heterocycles. The highest BCUT2D eigenvalue weighted by Gasteiger charge is 2.21. The number of hydrogen-bond acceptors (Lipinski definition) is 6. The fourth-order valence-electron chi connectivity index (χ4n) is 3.23. The number of sulfonamides is 1. The number of anilines is 2. The molecule has 8 nitrogen and oxygen atoms in total. The first-order valence-corrected chi connectivity index (χ1v) is 10.8. The van der Waals surface area contributed by atoms with Crippen LogP contribution in [-0.4, -0.2) is 75.5 Å². The van der Waals surface area contributed by atoms with E-state index in [1.54, 1.807) is 24.3 Å². The molecule has 1 aliphatic heterocycles.